The van der Waals surface area contributed by atoms with Crippen LogP contribution in [0, 0.1) is 0 Å². The Morgan fingerprint density at radius 2 is 1.59 bits per heavy atom. The number of piperazine rings is 1. The van der Waals surface area contributed by atoms with Gasteiger partial charge in [-0.05, 0) is 29.8 Å². The molecule has 4 heterocycles. The SMILES string of the molecule is O=C(Cc1ccc2nn(CC(=O)N3CCN(C(=O)N4CCOCC4)CC3)cc2c1)c1cccc(C(F)(F)F)n1. The number of halogens is 3. The number of hydrogen-bond acceptors (Lipinski definition) is 6. The second-order valence-electron chi connectivity index (χ2n) is 9.48. The van der Waals surface area contributed by atoms with Crippen LogP contribution in [-0.4, -0.2) is 99.7 Å². The maximum Gasteiger partial charge on any atom is 0.433 e. The van der Waals surface area contributed by atoms with Crippen LogP contribution in [0.4, 0.5) is 18.0 Å². The van der Waals surface area contributed by atoms with E-state index in [0.717, 1.165) is 12.1 Å². The molecule has 0 N–H and O–H groups in total. The van der Waals surface area contributed by atoms with Gasteiger partial charge in [0.2, 0.25) is 5.91 Å². The lowest BCUT2D eigenvalue weighted by Gasteiger charge is -2.38. The zero-order valence-corrected chi connectivity index (χ0v) is 21.1. The zero-order chi connectivity index (χ0) is 27.6. The molecule has 0 aliphatic carbocycles. The van der Waals surface area contributed by atoms with Gasteiger partial charge < -0.3 is 19.4 Å². The highest BCUT2D eigenvalue weighted by Gasteiger charge is 2.33. The van der Waals surface area contributed by atoms with Crippen molar-refractivity contribution in [3.05, 3.63) is 59.5 Å². The molecule has 206 valence electrons. The van der Waals surface area contributed by atoms with Crippen molar-refractivity contribution in [2.75, 3.05) is 52.5 Å². The Morgan fingerprint density at radius 3 is 2.31 bits per heavy atom. The summed E-state index contributed by atoms with van der Waals surface area (Å²) in [6.07, 6.45) is -3.06. The minimum Gasteiger partial charge on any atom is -0.378 e. The predicted octanol–water partition coefficient (Wildman–Crippen LogP) is 2.47. The summed E-state index contributed by atoms with van der Waals surface area (Å²) in [6.45, 7) is 4.03. The first kappa shape index (κ1) is 26.6. The summed E-state index contributed by atoms with van der Waals surface area (Å²) in [6, 6.07) is 8.33. The maximum absolute atomic E-state index is 12.9. The minimum atomic E-state index is -4.63. The highest BCUT2D eigenvalue weighted by Crippen LogP contribution is 2.27. The van der Waals surface area contributed by atoms with Crippen molar-refractivity contribution in [1.82, 2.24) is 29.5 Å². The van der Waals surface area contributed by atoms with Crippen LogP contribution in [-0.2, 0) is 28.7 Å². The van der Waals surface area contributed by atoms with E-state index in [1.54, 1.807) is 39.1 Å². The second-order valence-corrected chi connectivity index (χ2v) is 9.48. The van der Waals surface area contributed by atoms with Gasteiger partial charge in [-0.15, -0.1) is 0 Å². The summed E-state index contributed by atoms with van der Waals surface area (Å²) in [5.74, 6) is -0.651. The number of pyridine rings is 1. The van der Waals surface area contributed by atoms with Gasteiger partial charge in [-0.1, -0.05) is 12.1 Å². The zero-order valence-electron chi connectivity index (χ0n) is 21.1. The molecule has 0 radical (unpaired) electrons. The van der Waals surface area contributed by atoms with E-state index in [4.69, 9.17) is 4.74 Å². The molecule has 0 bridgehead atoms. The molecule has 1 aromatic carbocycles. The van der Waals surface area contributed by atoms with Gasteiger partial charge in [-0.2, -0.15) is 18.3 Å². The van der Waals surface area contributed by atoms with Gasteiger partial charge in [0.1, 0.15) is 17.9 Å². The number of carbonyl (C=O) groups is 3. The lowest BCUT2D eigenvalue weighted by Crippen LogP contribution is -2.56. The third kappa shape index (κ3) is 6.19. The summed E-state index contributed by atoms with van der Waals surface area (Å²) in [7, 11) is 0. The van der Waals surface area contributed by atoms with Crippen LogP contribution >= 0.6 is 0 Å². The topological polar surface area (TPSA) is 101 Å². The fraction of sp³-hybridized carbons (Fsp3) is 0.423. The number of carbonyl (C=O) groups excluding carboxylic acids is 3. The molecule has 2 aromatic heterocycles. The average Bonchev–Trinajstić information content (AvgIpc) is 3.34. The number of benzene rings is 1. The van der Waals surface area contributed by atoms with Crippen LogP contribution < -0.4 is 0 Å². The third-order valence-electron chi connectivity index (χ3n) is 6.79. The highest BCUT2D eigenvalue weighted by molar-refractivity contribution is 5.96. The number of fused-ring (bicyclic) bond motifs is 1. The van der Waals surface area contributed by atoms with Crippen molar-refractivity contribution in [1.29, 1.82) is 0 Å². The average molecular weight is 545 g/mol. The smallest absolute Gasteiger partial charge is 0.378 e. The molecule has 0 spiro atoms. The number of nitrogens with zero attached hydrogens (tertiary/aromatic N) is 6. The number of ether oxygens (including phenoxy) is 1. The maximum atomic E-state index is 12.9. The van der Waals surface area contributed by atoms with E-state index < -0.39 is 17.7 Å². The van der Waals surface area contributed by atoms with E-state index in [0.29, 0.717) is 68.9 Å². The van der Waals surface area contributed by atoms with Gasteiger partial charge in [0.25, 0.3) is 0 Å². The first-order valence-corrected chi connectivity index (χ1v) is 12.6. The first-order valence-electron chi connectivity index (χ1n) is 12.6. The number of Topliss-reactive ketones (excluding diaryl/α,β-unsaturated/α-hetero) is 1. The summed E-state index contributed by atoms with van der Waals surface area (Å²) in [5, 5.41) is 5.13. The number of urea groups is 1. The molecule has 0 saturated carbocycles. The number of morpholine rings is 1. The summed E-state index contributed by atoms with van der Waals surface area (Å²) >= 11 is 0. The summed E-state index contributed by atoms with van der Waals surface area (Å²) < 4.78 is 45.6. The van der Waals surface area contributed by atoms with E-state index in [2.05, 4.69) is 10.1 Å². The molecular weight excluding hydrogens is 517 g/mol. The lowest BCUT2D eigenvalue weighted by molar-refractivity contribution is -0.141. The molecule has 0 atom stereocenters. The number of amides is 3. The predicted molar refractivity (Wildman–Crippen MR) is 133 cm³/mol. The summed E-state index contributed by atoms with van der Waals surface area (Å²) in [5.41, 5.74) is -0.145. The van der Waals surface area contributed by atoms with Crippen molar-refractivity contribution < 1.29 is 32.3 Å². The van der Waals surface area contributed by atoms with E-state index in [9.17, 15) is 27.6 Å². The molecule has 2 aliphatic rings. The first-order chi connectivity index (χ1) is 18.7. The van der Waals surface area contributed by atoms with Crippen molar-refractivity contribution in [3.63, 3.8) is 0 Å². The monoisotopic (exact) mass is 544 g/mol. The molecule has 10 nitrogen and oxygen atoms in total. The quantitative estimate of drug-likeness (QED) is 0.458. The second kappa shape index (κ2) is 11.0. The van der Waals surface area contributed by atoms with Crippen LogP contribution in [0.15, 0.2) is 42.6 Å². The van der Waals surface area contributed by atoms with Crippen LogP contribution in [0.25, 0.3) is 10.9 Å². The van der Waals surface area contributed by atoms with Gasteiger partial charge in [0, 0.05) is 57.3 Å². The molecular formula is C26H27F3N6O4. The Hall–Kier alpha value is -4.00. The molecule has 2 aliphatic heterocycles. The fourth-order valence-electron chi connectivity index (χ4n) is 4.68. The van der Waals surface area contributed by atoms with Crippen LogP contribution in [0.3, 0.4) is 0 Å². The molecule has 2 fully saturated rings. The number of aromatic nitrogens is 3. The molecule has 5 rings (SSSR count). The molecule has 0 unspecified atom stereocenters. The Balaban J connectivity index is 1.17. The largest absolute Gasteiger partial charge is 0.433 e. The Kier molecular flexibility index (Phi) is 7.51. The van der Waals surface area contributed by atoms with Crippen molar-refractivity contribution >= 4 is 28.6 Å². The number of alkyl halides is 3. The van der Waals surface area contributed by atoms with Gasteiger partial charge in [0.15, 0.2) is 5.78 Å². The van der Waals surface area contributed by atoms with Gasteiger partial charge in [-0.3, -0.25) is 14.3 Å². The number of hydrogen-bond donors (Lipinski definition) is 0. The van der Waals surface area contributed by atoms with Crippen LogP contribution in [0.2, 0.25) is 0 Å². The Bertz CT molecular complexity index is 1380. The Labute approximate surface area is 221 Å². The van der Waals surface area contributed by atoms with Gasteiger partial charge in [0.05, 0.1) is 18.7 Å². The van der Waals surface area contributed by atoms with Crippen molar-refractivity contribution in [2.24, 2.45) is 0 Å². The minimum absolute atomic E-state index is 0.0223. The van der Waals surface area contributed by atoms with Gasteiger partial charge in [-0.25, -0.2) is 9.78 Å². The van der Waals surface area contributed by atoms with E-state index in [1.807, 2.05) is 0 Å². The molecule has 39 heavy (non-hydrogen) atoms. The van der Waals surface area contributed by atoms with Gasteiger partial charge >= 0.3 is 12.2 Å². The number of rotatable bonds is 5. The van der Waals surface area contributed by atoms with Crippen molar-refractivity contribution in [3.8, 4) is 0 Å². The highest BCUT2D eigenvalue weighted by atomic mass is 19.4. The van der Waals surface area contributed by atoms with E-state index >= 15 is 0 Å². The van der Waals surface area contributed by atoms with Crippen LogP contribution in [0.5, 0.6) is 0 Å². The lowest BCUT2D eigenvalue weighted by atomic mass is 10.0. The third-order valence-corrected chi connectivity index (χ3v) is 6.79. The molecule has 3 amide bonds. The molecule has 13 heteroatoms. The summed E-state index contributed by atoms with van der Waals surface area (Å²) in [4.78, 5) is 46.8. The van der Waals surface area contributed by atoms with Crippen molar-refractivity contribution in [2.45, 2.75) is 19.1 Å². The number of ketones is 1. The fourth-order valence-corrected chi connectivity index (χ4v) is 4.68. The van der Waals surface area contributed by atoms with Crippen LogP contribution in [0.1, 0.15) is 21.7 Å². The van der Waals surface area contributed by atoms with E-state index in [1.165, 1.54) is 10.7 Å². The molecule has 2 saturated heterocycles. The van der Waals surface area contributed by atoms with E-state index in [-0.39, 0.29) is 30.6 Å². The Morgan fingerprint density at radius 1 is 0.897 bits per heavy atom. The standard InChI is InChI=1S/C26H27F3N6O4/c27-26(28,29)23-3-1-2-21(30-23)22(36)15-18-4-5-20-19(14-18)16-35(31-20)17-24(37)32-6-8-33(9-7-32)25(38)34-10-12-39-13-11-34/h1-5,14,16H,6-13,15,17H2. The normalized spacial score (nSPS) is 16.5. The molecule has 3 aromatic rings.